The fourth-order valence-electron chi connectivity index (χ4n) is 5.80. The van der Waals surface area contributed by atoms with E-state index < -0.39 is 0 Å². The van der Waals surface area contributed by atoms with Gasteiger partial charge in [0.05, 0.1) is 12.2 Å². The van der Waals surface area contributed by atoms with E-state index in [4.69, 9.17) is 15.1 Å². The van der Waals surface area contributed by atoms with Crippen molar-refractivity contribution in [2.45, 2.75) is 39.2 Å². The Morgan fingerprint density at radius 2 is 1.65 bits per heavy atom. The topological polar surface area (TPSA) is 69.1 Å². The maximum atomic E-state index is 4.94. The lowest BCUT2D eigenvalue weighted by atomic mass is 10.0. The highest BCUT2D eigenvalue weighted by Gasteiger charge is 2.22. The molecule has 0 bridgehead atoms. The number of nitrogens with one attached hydrogen (secondary N) is 1. The van der Waals surface area contributed by atoms with Crippen LogP contribution in [0.5, 0.6) is 0 Å². The monoisotopic (exact) mass is 498 g/mol. The van der Waals surface area contributed by atoms with Gasteiger partial charge in [-0.1, -0.05) is 13.8 Å². The molecule has 4 aromatic heterocycles. The molecule has 0 radical (unpaired) electrons. The van der Waals surface area contributed by atoms with Gasteiger partial charge >= 0.3 is 0 Å². The number of piperazine rings is 1. The van der Waals surface area contributed by atoms with Crippen molar-refractivity contribution in [2.75, 3.05) is 57.8 Å². The lowest BCUT2D eigenvalue weighted by Crippen LogP contribution is -2.45. The summed E-state index contributed by atoms with van der Waals surface area (Å²) in [5, 5.41) is 5.89. The molecule has 0 aliphatic carbocycles. The minimum Gasteiger partial charge on any atom is -0.354 e. The summed E-state index contributed by atoms with van der Waals surface area (Å²) in [6, 6.07) is 5.03. The molecule has 0 amide bonds. The van der Waals surface area contributed by atoms with Crippen LogP contribution < -0.4 is 4.90 Å². The van der Waals surface area contributed by atoms with Crippen LogP contribution in [0.1, 0.15) is 38.3 Å². The number of pyridine rings is 2. The lowest BCUT2D eigenvalue weighted by molar-refractivity contribution is 0.187. The molecule has 2 aliphatic rings. The zero-order valence-corrected chi connectivity index (χ0v) is 22.3. The van der Waals surface area contributed by atoms with E-state index in [2.05, 4.69) is 69.8 Å². The van der Waals surface area contributed by atoms with Crippen molar-refractivity contribution in [3.63, 3.8) is 0 Å². The molecule has 37 heavy (non-hydrogen) atoms. The van der Waals surface area contributed by atoms with E-state index in [0.29, 0.717) is 6.04 Å². The van der Waals surface area contributed by atoms with E-state index >= 15 is 0 Å². The fraction of sp³-hybridized carbons (Fsp3) is 0.483. The highest BCUT2D eigenvalue weighted by atomic mass is 15.3. The van der Waals surface area contributed by atoms with E-state index in [1.54, 1.807) is 0 Å². The highest BCUT2D eigenvalue weighted by Crippen LogP contribution is 2.33. The smallest absolute Gasteiger partial charge is 0.137 e. The quantitative estimate of drug-likeness (QED) is 0.423. The van der Waals surface area contributed by atoms with Crippen molar-refractivity contribution in [3.8, 4) is 22.3 Å². The number of nitrogens with zero attached hydrogens (tertiary/aromatic N) is 7. The van der Waals surface area contributed by atoms with E-state index in [-0.39, 0.29) is 0 Å². The Morgan fingerprint density at radius 3 is 2.41 bits per heavy atom. The second kappa shape index (κ2) is 10.3. The van der Waals surface area contributed by atoms with Crippen molar-refractivity contribution in [1.29, 1.82) is 0 Å². The predicted octanol–water partition coefficient (Wildman–Crippen LogP) is 4.46. The average Bonchev–Trinajstić information content (AvgIpc) is 3.60. The summed E-state index contributed by atoms with van der Waals surface area (Å²) in [5.74, 6) is 1.13. The van der Waals surface area contributed by atoms with Crippen LogP contribution in [0.25, 0.3) is 33.3 Å². The Morgan fingerprint density at radius 1 is 0.892 bits per heavy atom. The molecule has 0 aromatic carbocycles. The number of aromatic amines is 1. The van der Waals surface area contributed by atoms with Crippen LogP contribution in [0.3, 0.4) is 0 Å². The Labute approximate surface area is 219 Å². The number of anilines is 1. The van der Waals surface area contributed by atoms with E-state index in [0.717, 1.165) is 104 Å². The van der Waals surface area contributed by atoms with Crippen LogP contribution in [-0.4, -0.2) is 87.4 Å². The third-order valence-electron chi connectivity index (χ3n) is 8.28. The summed E-state index contributed by atoms with van der Waals surface area (Å²) in [7, 11) is 2.19. The van der Waals surface area contributed by atoms with E-state index in [9.17, 15) is 0 Å². The third kappa shape index (κ3) is 4.76. The number of rotatable bonds is 6. The zero-order valence-electron chi connectivity index (χ0n) is 22.3. The number of likely N-dealkylation sites (tertiary alicyclic amines) is 1. The van der Waals surface area contributed by atoms with Crippen LogP contribution in [0.15, 0.2) is 43.1 Å². The first-order valence-electron chi connectivity index (χ1n) is 13.8. The van der Waals surface area contributed by atoms with Crippen molar-refractivity contribution in [3.05, 3.63) is 48.7 Å². The first kappa shape index (κ1) is 24.1. The molecule has 0 spiro atoms. The molecule has 0 saturated carbocycles. The molecular formula is C29H38N8. The number of piperidine rings is 1. The number of likely N-dealkylation sites (N-methyl/N-ethyl adjacent to an activating group) is 1. The summed E-state index contributed by atoms with van der Waals surface area (Å²) in [6.45, 7) is 12.1. The third-order valence-corrected chi connectivity index (χ3v) is 8.28. The number of aromatic nitrogens is 5. The largest absolute Gasteiger partial charge is 0.354 e. The van der Waals surface area contributed by atoms with Gasteiger partial charge in [0.15, 0.2) is 0 Å². The van der Waals surface area contributed by atoms with Crippen LogP contribution >= 0.6 is 0 Å². The van der Waals surface area contributed by atoms with Crippen LogP contribution in [0.2, 0.25) is 0 Å². The molecule has 6 rings (SSSR count). The normalized spacial score (nSPS) is 18.2. The minimum absolute atomic E-state index is 0.479. The maximum Gasteiger partial charge on any atom is 0.137 e. The zero-order chi connectivity index (χ0) is 25.4. The Kier molecular flexibility index (Phi) is 6.69. The standard InChI is InChI=1S/C29H38N8/c1-4-21-14-22(17-32-29(21)36-12-10-34(3)11-13-36)23-15-26-27(19-31-28(26)30-16-23)24-18-33-37(20-24)25-6-8-35(5-2)9-7-25/h14-20,25H,4-13H2,1-3H3,(H,30,31). The number of H-pyrrole nitrogens is 1. The summed E-state index contributed by atoms with van der Waals surface area (Å²) in [6.07, 6.45) is 13.5. The molecule has 2 saturated heterocycles. The Bertz CT molecular complexity index is 1360. The summed E-state index contributed by atoms with van der Waals surface area (Å²) >= 11 is 0. The molecular weight excluding hydrogens is 460 g/mol. The van der Waals surface area contributed by atoms with Gasteiger partial charge < -0.3 is 19.7 Å². The van der Waals surface area contributed by atoms with Gasteiger partial charge in [0, 0.05) is 91.7 Å². The van der Waals surface area contributed by atoms with Crippen LogP contribution in [0, 0.1) is 0 Å². The molecule has 8 nitrogen and oxygen atoms in total. The number of fused-ring (bicyclic) bond motifs is 1. The highest BCUT2D eigenvalue weighted by molar-refractivity contribution is 5.95. The Balaban J connectivity index is 1.27. The van der Waals surface area contributed by atoms with Crippen molar-refractivity contribution < 1.29 is 0 Å². The summed E-state index contributed by atoms with van der Waals surface area (Å²) < 4.78 is 2.17. The molecule has 8 heteroatoms. The number of hydrogen-bond acceptors (Lipinski definition) is 6. The lowest BCUT2D eigenvalue weighted by Gasteiger charge is -2.34. The van der Waals surface area contributed by atoms with E-state index in [1.807, 2.05) is 18.6 Å². The molecule has 1 N–H and O–H groups in total. The van der Waals surface area contributed by atoms with Gasteiger partial charge in [-0.25, -0.2) is 9.97 Å². The molecule has 6 heterocycles. The van der Waals surface area contributed by atoms with Crippen LogP contribution in [0.4, 0.5) is 5.82 Å². The first-order chi connectivity index (χ1) is 18.1. The second-order valence-electron chi connectivity index (χ2n) is 10.5. The first-order valence-corrected chi connectivity index (χ1v) is 13.8. The number of aryl methyl sites for hydroxylation is 1. The predicted molar refractivity (Wildman–Crippen MR) is 150 cm³/mol. The van der Waals surface area contributed by atoms with Crippen molar-refractivity contribution in [1.82, 2.24) is 34.5 Å². The number of hydrogen-bond donors (Lipinski definition) is 1. The molecule has 2 fully saturated rings. The summed E-state index contributed by atoms with van der Waals surface area (Å²) in [5.41, 5.74) is 6.71. The molecule has 0 unspecified atom stereocenters. The maximum absolute atomic E-state index is 4.94. The molecule has 0 atom stereocenters. The van der Waals surface area contributed by atoms with Gasteiger partial charge in [0.2, 0.25) is 0 Å². The van der Waals surface area contributed by atoms with Gasteiger partial charge in [-0.2, -0.15) is 5.10 Å². The van der Waals surface area contributed by atoms with Crippen LogP contribution in [-0.2, 0) is 6.42 Å². The van der Waals surface area contributed by atoms with E-state index in [1.165, 1.54) is 5.56 Å². The second-order valence-corrected chi connectivity index (χ2v) is 10.5. The summed E-state index contributed by atoms with van der Waals surface area (Å²) in [4.78, 5) is 20.4. The van der Waals surface area contributed by atoms with Gasteiger partial charge in [-0.15, -0.1) is 0 Å². The van der Waals surface area contributed by atoms with Gasteiger partial charge in [-0.3, -0.25) is 4.68 Å². The average molecular weight is 499 g/mol. The Hall–Kier alpha value is -3.23. The fourth-order valence-corrected chi connectivity index (χ4v) is 5.80. The van der Waals surface area contributed by atoms with Gasteiger partial charge in [-0.05, 0) is 50.6 Å². The van der Waals surface area contributed by atoms with Gasteiger partial charge in [0.25, 0.3) is 0 Å². The molecule has 2 aliphatic heterocycles. The van der Waals surface area contributed by atoms with Crippen molar-refractivity contribution >= 4 is 16.9 Å². The van der Waals surface area contributed by atoms with Gasteiger partial charge in [0.1, 0.15) is 11.5 Å². The SMILES string of the molecule is CCc1cc(-c2cnc3[nH]cc(-c4cnn(C5CCN(CC)CC5)c4)c3c2)cnc1N1CCN(C)CC1. The molecule has 194 valence electrons. The van der Waals surface area contributed by atoms with Crippen molar-refractivity contribution in [2.24, 2.45) is 0 Å². The minimum atomic E-state index is 0.479. The molecule has 4 aromatic rings.